The summed E-state index contributed by atoms with van der Waals surface area (Å²) in [6.07, 6.45) is 39.1. The topological polar surface area (TPSA) is 0 Å². The van der Waals surface area contributed by atoms with Gasteiger partial charge in [0.2, 0.25) is 0 Å². The van der Waals surface area contributed by atoms with Gasteiger partial charge in [0.15, 0.2) is 0 Å². The summed E-state index contributed by atoms with van der Waals surface area (Å²) in [6, 6.07) is 0. The maximum Gasteiger partial charge on any atom is 0.0594 e. The average molecular weight is 491 g/mol. The van der Waals surface area contributed by atoms with Crippen molar-refractivity contribution in [2.45, 2.75) is 169 Å². The van der Waals surface area contributed by atoms with Gasteiger partial charge in [-0.2, -0.15) is 0 Å². The fourth-order valence-electron chi connectivity index (χ4n) is 5.23. The molecule has 0 amide bonds. The molecule has 0 radical (unpaired) electrons. The minimum Gasteiger partial charge on any atom is -1.00 e. The van der Waals surface area contributed by atoms with E-state index in [1.165, 1.54) is 128 Å². The van der Waals surface area contributed by atoms with E-state index in [0.717, 1.165) is 0 Å². The van der Waals surface area contributed by atoms with Crippen LogP contribution in [-0.4, -0.2) is 24.6 Å². The fourth-order valence-corrected chi connectivity index (χ4v) is 10.1. The van der Waals surface area contributed by atoms with Crippen LogP contribution in [0.5, 0.6) is 0 Å². The van der Waals surface area contributed by atoms with Crippen LogP contribution in [0.25, 0.3) is 0 Å². The molecule has 2 heteroatoms. The molecular formula is C30H64ClP. The van der Waals surface area contributed by atoms with E-state index < -0.39 is 7.26 Å². The van der Waals surface area contributed by atoms with E-state index in [1.807, 2.05) is 0 Å². The quantitative estimate of drug-likeness (QED) is 0.0839. The summed E-state index contributed by atoms with van der Waals surface area (Å²) < 4.78 is 0. The lowest BCUT2D eigenvalue weighted by Crippen LogP contribution is -3.00. The standard InChI is InChI=1S/C30H64P.ClH/c1-5-9-13-15-17-19-21-25-29-31(27-23-11-7-3,28-24-12-8-4)30-26-22-20-18-16-14-10-6-2;/h5-30H2,1-4H3;1H/q+1;/p-1. The first-order valence-corrected chi connectivity index (χ1v) is 17.6. The SMILES string of the molecule is CCCCCCCCCC[P+](CCCCC)(CCCCC)CCCCCCCCCC.[Cl-]. The highest BCUT2D eigenvalue weighted by Gasteiger charge is 2.34. The molecule has 0 spiro atoms. The van der Waals surface area contributed by atoms with Crippen molar-refractivity contribution in [1.82, 2.24) is 0 Å². The number of unbranched alkanes of at least 4 members (excludes halogenated alkanes) is 18. The van der Waals surface area contributed by atoms with Crippen molar-refractivity contribution < 1.29 is 12.4 Å². The Bertz CT molecular complexity index is 299. The zero-order valence-corrected chi connectivity index (χ0v) is 24.9. The van der Waals surface area contributed by atoms with Gasteiger partial charge in [-0.3, -0.25) is 0 Å². The predicted octanol–water partition coefficient (Wildman–Crippen LogP) is 8.67. The van der Waals surface area contributed by atoms with Crippen LogP contribution in [0.3, 0.4) is 0 Å². The van der Waals surface area contributed by atoms with Crippen molar-refractivity contribution in [3.05, 3.63) is 0 Å². The molecule has 0 aliphatic rings. The maximum atomic E-state index is 2.38. The molecule has 0 nitrogen and oxygen atoms in total. The third-order valence-electron chi connectivity index (χ3n) is 7.44. The predicted molar refractivity (Wildman–Crippen MR) is 151 cm³/mol. The molecule has 0 fully saturated rings. The van der Waals surface area contributed by atoms with Crippen LogP contribution in [0.4, 0.5) is 0 Å². The molecule has 0 rings (SSSR count). The van der Waals surface area contributed by atoms with Gasteiger partial charge in [-0.25, -0.2) is 0 Å². The first-order chi connectivity index (χ1) is 15.2. The summed E-state index contributed by atoms with van der Waals surface area (Å²) in [5.74, 6) is 0. The van der Waals surface area contributed by atoms with Gasteiger partial charge in [0.1, 0.15) is 0 Å². The van der Waals surface area contributed by atoms with E-state index in [-0.39, 0.29) is 12.4 Å². The van der Waals surface area contributed by atoms with Gasteiger partial charge in [-0.05, 0) is 38.5 Å². The lowest BCUT2D eigenvalue weighted by atomic mass is 10.1. The highest BCUT2D eigenvalue weighted by molar-refractivity contribution is 7.75. The van der Waals surface area contributed by atoms with Crippen molar-refractivity contribution in [2.75, 3.05) is 24.6 Å². The van der Waals surface area contributed by atoms with Gasteiger partial charge < -0.3 is 12.4 Å². The summed E-state index contributed by atoms with van der Waals surface area (Å²) >= 11 is 0. The van der Waals surface area contributed by atoms with E-state index in [4.69, 9.17) is 0 Å². The molecule has 0 aliphatic heterocycles. The molecule has 0 saturated carbocycles. The van der Waals surface area contributed by atoms with Gasteiger partial charge in [-0.1, -0.05) is 130 Å². The molecule has 32 heavy (non-hydrogen) atoms. The molecular weight excluding hydrogens is 427 g/mol. The zero-order chi connectivity index (χ0) is 22.9. The maximum absolute atomic E-state index is 2.38. The Morgan fingerprint density at radius 1 is 0.281 bits per heavy atom. The van der Waals surface area contributed by atoms with Gasteiger partial charge in [0.05, 0.1) is 24.6 Å². The molecule has 0 bridgehead atoms. The number of halogens is 1. The van der Waals surface area contributed by atoms with Crippen molar-refractivity contribution in [2.24, 2.45) is 0 Å². The van der Waals surface area contributed by atoms with Crippen LogP contribution >= 0.6 is 7.26 Å². The van der Waals surface area contributed by atoms with Gasteiger partial charge in [0.25, 0.3) is 0 Å². The van der Waals surface area contributed by atoms with E-state index in [2.05, 4.69) is 27.7 Å². The van der Waals surface area contributed by atoms with Crippen molar-refractivity contribution in [1.29, 1.82) is 0 Å². The number of rotatable bonds is 26. The Hall–Kier alpha value is 0.720. The molecule has 0 aromatic carbocycles. The molecule has 0 unspecified atom stereocenters. The molecule has 0 aromatic heterocycles. The molecule has 0 atom stereocenters. The second-order valence-corrected chi connectivity index (χ2v) is 15.1. The normalized spacial score (nSPS) is 11.6. The lowest BCUT2D eigenvalue weighted by molar-refractivity contribution is -0.00000712. The van der Waals surface area contributed by atoms with Gasteiger partial charge >= 0.3 is 0 Å². The summed E-state index contributed by atoms with van der Waals surface area (Å²) in [5.41, 5.74) is 0. The minimum atomic E-state index is -0.688. The van der Waals surface area contributed by atoms with Crippen LogP contribution in [0.15, 0.2) is 0 Å². The monoisotopic (exact) mass is 490 g/mol. The molecule has 0 aromatic rings. The summed E-state index contributed by atoms with van der Waals surface area (Å²) in [5, 5.41) is 0. The molecule has 0 aliphatic carbocycles. The van der Waals surface area contributed by atoms with Crippen LogP contribution in [0.1, 0.15) is 169 Å². The number of hydrogen-bond donors (Lipinski definition) is 0. The van der Waals surface area contributed by atoms with Crippen molar-refractivity contribution in [3.8, 4) is 0 Å². The number of hydrogen-bond acceptors (Lipinski definition) is 0. The largest absolute Gasteiger partial charge is 1.00 e. The highest BCUT2D eigenvalue weighted by atomic mass is 35.5. The van der Waals surface area contributed by atoms with E-state index in [0.29, 0.717) is 0 Å². The highest BCUT2D eigenvalue weighted by Crippen LogP contribution is 2.61. The lowest BCUT2D eigenvalue weighted by Gasteiger charge is -2.28. The zero-order valence-electron chi connectivity index (χ0n) is 23.2. The molecule has 0 heterocycles. The van der Waals surface area contributed by atoms with Crippen LogP contribution in [0.2, 0.25) is 0 Å². The summed E-state index contributed by atoms with van der Waals surface area (Å²) in [7, 11) is -0.688. The van der Waals surface area contributed by atoms with E-state index in [1.54, 1.807) is 37.5 Å². The van der Waals surface area contributed by atoms with Gasteiger partial charge in [-0.15, -0.1) is 0 Å². The summed E-state index contributed by atoms with van der Waals surface area (Å²) in [4.78, 5) is 0. The molecule has 196 valence electrons. The third kappa shape index (κ3) is 22.5. The molecule has 0 saturated heterocycles. The first-order valence-electron chi connectivity index (χ1n) is 15.1. The first kappa shape index (κ1) is 34.9. The Labute approximate surface area is 213 Å². The Morgan fingerprint density at radius 3 is 0.750 bits per heavy atom. The Morgan fingerprint density at radius 2 is 0.469 bits per heavy atom. The average Bonchev–Trinajstić information content (AvgIpc) is 2.77. The van der Waals surface area contributed by atoms with Crippen molar-refractivity contribution in [3.63, 3.8) is 0 Å². The van der Waals surface area contributed by atoms with Gasteiger partial charge in [0, 0.05) is 7.26 Å². The van der Waals surface area contributed by atoms with Crippen LogP contribution in [-0.2, 0) is 0 Å². The minimum absolute atomic E-state index is 0. The Kier molecular flexibility index (Phi) is 30.5. The molecule has 0 N–H and O–H groups in total. The van der Waals surface area contributed by atoms with E-state index >= 15 is 0 Å². The Balaban J connectivity index is 0. The smallest absolute Gasteiger partial charge is 0.0594 e. The van der Waals surface area contributed by atoms with Crippen LogP contribution in [0, 0.1) is 0 Å². The second kappa shape index (κ2) is 28.0. The van der Waals surface area contributed by atoms with Crippen LogP contribution < -0.4 is 12.4 Å². The third-order valence-corrected chi connectivity index (χ3v) is 12.5. The van der Waals surface area contributed by atoms with E-state index in [9.17, 15) is 0 Å². The fraction of sp³-hybridized carbons (Fsp3) is 1.00. The second-order valence-electron chi connectivity index (χ2n) is 10.6. The summed E-state index contributed by atoms with van der Waals surface area (Å²) in [6.45, 7) is 9.42. The van der Waals surface area contributed by atoms with Crippen molar-refractivity contribution >= 4 is 7.26 Å².